The fourth-order valence-electron chi connectivity index (χ4n) is 4.37. The van der Waals surface area contributed by atoms with Crippen molar-refractivity contribution in [3.8, 4) is 9.88 Å². The zero-order chi connectivity index (χ0) is 18.5. The lowest BCUT2D eigenvalue weighted by molar-refractivity contribution is -0.149. The lowest BCUT2D eigenvalue weighted by atomic mass is 9.81. The number of rotatable bonds is 4. The first kappa shape index (κ1) is 17.7. The summed E-state index contributed by atoms with van der Waals surface area (Å²) >= 11 is 3.18. The van der Waals surface area contributed by atoms with Crippen LogP contribution in [0.25, 0.3) is 9.88 Å². The van der Waals surface area contributed by atoms with Crippen LogP contribution < -0.4 is 0 Å². The molecule has 26 heavy (non-hydrogen) atoms. The summed E-state index contributed by atoms with van der Waals surface area (Å²) in [7, 11) is 0. The van der Waals surface area contributed by atoms with Crippen LogP contribution in [0, 0.1) is 11.3 Å². The van der Waals surface area contributed by atoms with Crippen LogP contribution in [0.1, 0.15) is 38.8 Å². The molecule has 0 aromatic carbocycles. The van der Waals surface area contributed by atoms with Gasteiger partial charge in [-0.25, -0.2) is 4.98 Å². The number of amides is 1. The maximum Gasteiger partial charge on any atom is 0.311 e. The molecule has 0 bridgehead atoms. The molecule has 2 fully saturated rings. The zero-order valence-corrected chi connectivity index (χ0v) is 16.5. The van der Waals surface area contributed by atoms with Crippen LogP contribution in [0.2, 0.25) is 0 Å². The van der Waals surface area contributed by atoms with Gasteiger partial charge >= 0.3 is 5.97 Å². The second kappa shape index (κ2) is 6.16. The van der Waals surface area contributed by atoms with E-state index in [4.69, 9.17) is 4.98 Å². The lowest BCUT2D eigenvalue weighted by Gasteiger charge is -2.29. The molecule has 1 amide bonds. The standard InChI is InChI=1S/C19H22N2O3S2/c1-18(2,14-10-26-15(20-14)13-6-4-8-25-13)16(22)21-9-12-5-3-7-19(12,11-21)17(23)24/h4,6,8,10,12H,3,5,7,9,11H2,1-2H3,(H,23,24)/t12-,19+/m0/s1. The molecule has 1 saturated heterocycles. The van der Waals surface area contributed by atoms with Crippen molar-refractivity contribution < 1.29 is 14.7 Å². The molecule has 1 aliphatic heterocycles. The van der Waals surface area contributed by atoms with Crippen molar-refractivity contribution in [2.45, 2.75) is 38.5 Å². The van der Waals surface area contributed by atoms with Crippen molar-refractivity contribution in [3.05, 3.63) is 28.6 Å². The Balaban J connectivity index is 1.57. The second-order valence-electron chi connectivity index (χ2n) is 7.88. The molecule has 4 rings (SSSR count). The van der Waals surface area contributed by atoms with Gasteiger partial charge in [0.05, 0.1) is 21.4 Å². The molecule has 2 aromatic heterocycles. The number of thiophene rings is 1. The van der Waals surface area contributed by atoms with E-state index in [1.165, 1.54) is 0 Å². The number of fused-ring (bicyclic) bond motifs is 1. The molecule has 2 aliphatic rings. The minimum atomic E-state index is -0.760. The molecular formula is C19H22N2O3S2. The molecule has 138 valence electrons. The SMILES string of the molecule is CC(C)(C(=O)N1C[C@@H]2CCC[C@@]2(C(=O)O)C1)c1csc(-c2cccs2)n1. The van der Waals surface area contributed by atoms with E-state index in [-0.39, 0.29) is 11.8 Å². The number of aromatic nitrogens is 1. The van der Waals surface area contributed by atoms with Crippen LogP contribution in [0.15, 0.2) is 22.9 Å². The Morgan fingerprint density at radius 2 is 2.19 bits per heavy atom. The highest BCUT2D eigenvalue weighted by atomic mass is 32.1. The highest BCUT2D eigenvalue weighted by Crippen LogP contribution is 2.49. The minimum Gasteiger partial charge on any atom is -0.481 e. The first-order valence-corrected chi connectivity index (χ1v) is 10.6. The molecule has 0 unspecified atom stereocenters. The summed E-state index contributed by atoms with van der Waals surface area (Å²) < 4.78 is 0. The van der Waals surface area contributed by atoms with Gasteiger partial charge in [0.1, 0.15) is 5.01 Å². The summed E-state index contributed by atoms with van der Waals surface area (Å²) in [6.07, 6.45) is 2.52. The average Bonchev–Trinajstić information content (AvgIpc) is 3.35. The highest BCUT2D eigenvalue weighted by Gasteiger charge is 2.57. The number of carbonyl (C=O) groups is 2. The van der Waals surface area contributed by atoms with Crippen molar-refractivity contribution in [1.29, 1.82) is 0 Å². The van der Waals surface area contributed by atoms with Gasteiger partial charge in [0.25, 0.3) is 0 Å². The first-order valence-electron chi connectivity index (χ1n) is 8.87. The van der Waals surface area contributed by atoms with E-state index >= 15 is 0 Å². The van der Waals surface area contributed by atoms with E-state index in [9.17, 15) is 14.7 Å². The van der Waals surface area contributed by atoms with Crippen LogP contribution in [-0.2, 0) is 15.0 Å². The molecule has 1 N–H and O–H groups in total. The molecule has 5 nitrogen and oxygen atoms in total. The zero-order valence-electron chi connectivity index (χ0n) is 14.9. The van der Waals surface area contributed by atoms with E-state index in [1.54, 1.807) is 27.6 Å². The molecule has 3 heterocycles. The Kier molecular flexibility index (Phi) is 4.19. The summed E-state index contributed by atoms with van der Waals surface area (Å²) in [4.78, 5) is 32.7. The number of carboxylic acids is 1. The van der Waals surface area contributed by atoms with Crippen molar-refractivity contribution in [3.63, 3.8) is 0 Å². The molecule has 1 aliphatic carbocycles. The largest absolute Gasteiger partial charge is 0.481 e. The highest BCUT2D eigenvalue weighted by molar-refractivity contribution is 7.20. The third-order valence-electron chi connectivity index (χ3n) is 6.00. The molecule has 0 spiro atoms. The smallest absolute Gasteiger partial charge is 0.311 e. The summed E-state index contributed by atoms with van der Waals surface area (Å²) in [6, 6.07) is 4.02. The maximum atomic E-state index is 13.3. The van der Waals surface area contributed by atoms with E-state index in [0.29, 0.717) is 19.5 Å². The number of carbonyl (C=O) groups excluding carboxylic acids is 1. The number of hydrogen-bond acceptors (Lipinski definition) is 5. The number of likely N-dealkylation sites (tertiary alicyclic amines) is 1. The van der Waals surface area contributed by atoms with E-state index in [0.717, 1.165) is 28.4 Å². The van der Waals surface area contributed by atoms with Crippen LogP contribution >= 0.6 is 22.7 Å². The van der Waals surface area contributed by atoms with Gasteiger partial charge < -0.3 is 10.0 Å². The van der Waals surface area contributed by atoms with Crippen LogP contribution in [-0.4, -0.2) is 40.0 Å². The number of thiazole rings is 1. The molecule has 0 radical (unpaired) electrons. The third kappa shape index (κ3) is 2.60. The fraction of sp³-hybridized carbons (Fsp3) is 0.526. The van der Waals surface area contributed by atoms with Gasteiger partial charge in [-0.1, -0.05) is 12.5 Å². The van der Waals surface area contributed by atoms with Crippen LogP contribution in [0.5, 0.6) is 0 Å². The van der Waals surface area contributed by atoms with Gasteiger partial charge in [0.15, 0.2) is 0 Å². The maximum absolute atomic E-state index is 13.3. The average molecular weight is 391 g/mol. The second-order valence-corrected chi connectivity index (χ2v) is 9.68. The van der Waals surface area contributed by atoms with Crippen molar-refractivity contribution in [1.82, 2.24) is 9.88 Å². The summed E-state index contributed by atoms with van der Waals surface area (Å²) in [6.45, 7) is 4.67. The van der Waals surface area contributed by atoms with E-state index in [2.05, 4.69) is 0 Å². The molecule has 1 saturated carbocycles. The van der Waals surface area contributed by atoms with Gasteiger partial charge in [-0.3, -0.25) is 9.59 Å². The molecule has 2 aromatic rings. The Labute approximate surface area is 160 Å². The number of carboxylic acid groups (broad SMARTS) is 1. The normalized spacial score (nSPS) is 25.5. The summed E-state index contributed by atoms with van der Waals surface area (Å²) in [5, 5.41) is 14.7. The van der Waals surface area contributed by atoms with Gasteiger partial charge in [0, 0.05) is 18.5 Å². The monoisotopic (exact) mass is 390 g/mol. The lowest BCUT2D eigenvalue weighted by Crippen LogP contribution is -2.44. The van der Waals surface area contributed by atoms with Gasteiger partial charge in [-0.2, -0.15) is 0 Å². The molecular weight excluding hydrogens is 368 g/mol. The topological polar surface area (TPSA) is 70.5 Å². The van der Waals surface area contributed by atoms with Crippen molar-refractivity contribution >= 4 is 34.6 Å². The Bertz CT molecular complexity index is 843. The fourth-order valence-corrected chi connectivity index (χ4v) is 6.17. The van der Waals surface area contributed by atoms with Crippen molar-refractivity contribution in [2.75, 3.05) is 13.1 Å². The summed E-state index contributed by atoms with van der Waals surface area (Å²) in [5.41, 5.74) is -0.738. The Morgan fingerprint density at radius 1 is 1.38 bits per heavy atom. The van der Waals surface area contributed by atoms with Crippen LogP contribution in [0.4, 0.5) is 0 Å². The predicted molar refractivity (Wildman–Crippen MR) is 102 cm³/mol. The number of nitrogens with zero attached hydrogens (tertiary/aromatic N) is 2. The molecule has 2 atom stereocenters. The Hall–Kier alpha value is -1.73. The van der Waals surface area contributed by atoms with Gasteiger partial charge in [0.2, 0.25) is 5.91 Å². The Morgan fingerprint density at radius 3 is 2.85 bits per heavy atom. The van der Waals surface area contributed by atoms with Crippen molar-refractivity contribution in [2.24, 2.45) is 11.3 Å². The number of aliphatic carboxylic acids is 1. The quantitative estimate of drug-likeness (QED) is 0.860. The summed E-state index contributed by atoms with van der Waals surface area (Å²) in [5.74, 6) is -0.686. The minimum absolute atomic E-state index is 0.0180. The van der Waals surface area contributed by atoms with Gasteiger partial charge in [-0.05, 0) is 44.1 Å². The van der Waals surface area contributed by atoms with Gasteiger partial charge in [-0.15, -0.1) is 22.7 Å². The first-order chi connectivity index (χ1) is 12.3. The number of hydrogen-bond donors (Lipinski definition) is 1. The molecule has 7 heteroatoms. The van der Waals surface area contributed by atoms with E-state index in [1.807, 2.05) is 36.7 Å². The van der Waals surface area contributed by atoms with E-state index < -0.39 is 16.8 Å². The third-order valence-corrected chi connectivity index (χ3v) is 7.88. The van der Waals surface area contributed by atoms with Crippen LogP contribution in [0.3, 0.4) is 0 Å². The predicted octanol–water partition coefficient (Wildman–Crippen LogP) is 3.86.